The molecule has 0 spiro atoms. The number of carbonyl (C=O) groups is 2. The zero-order valence-corrected chi connectivity index (χ0v) is 12.8. The molecule has 2 amide bonds. The third kappa shape index (κ3) is 4.31. The second-order valence-electron chi connectivity index (χ2n) is 5.72. The van der Waals surface area contributed by atoms with Gasteiger partial charge in [0.1, 0.15) is 0 Å². The molecule has 0 aromatic carbocycles. The van der Waals surface area contributed by atoms with Gasteiger partial charge in [-0.15, -0.1) is 0 Å². The summed E-state index contributed by atoms with van der Waals surface area (Å²) in [4.78, 5) is 25.3. The molecule has 6 nitrogen and oxygen atoms in total. The monoisotopic (exact) mass is 292 g/mol. The van der Waals surface area contributed by atoms with E-state index in [1.165, 1.54) is 5.56 Å². The fraction of sp³-hybridized carbons (Fsp3) is 0.667. The predicted molar refractivity (Wildman–Crippen MR) is 79.6 cm³/mol. The number of rotatable bonds is 5. The lowest BCUT2D eigenvalue weighted by molar-refractivity contribution is -0.133. The van der Waals surface area contributed by atoms with Crippen molar-refractivity contribution < 1.29 is 9.59 Å². The van der Waals surface area contributed by atoms with Crippen molar-refractivity contribution in [3.05, 3.63) is 17.5 Å². The van der Waals surface area contributed by atoms with Gasteiger partial charge in [-0.3, -0.25) is 14.7 Å². The Bertz CT molecular complexity index is 498. The van der Waals surface area contributed by atoms with Gasteiger partial charge in [0.05, 0.1) is 12.1 Å². The van der Waals surface area contributed by atoms with E-state index in [0.717, 1.165) is 37.9 Å². The molecule has 2 heterocycles. The number of carbonyl (C=O) groups excluding carboxylic acids is 2. The molecular formula is C15H24N4O2. The van der Waals surface area contributed by atoms with Gasteiger partial charge >= 0.3 is 0 Å². The van der Waals surface area contributed by atoms with Crippen molar-refractivity contribution in [2.45, 2.75) is 39.5 Å². The average Bonchev–Trinajstić information content (AvgIpc) is 2.89. The highest BCUT2D eigenvalue weighted by molar-refractivity contribution is 5.80. The highest BCUT2D eigenvalue weighted by Gasteiger charge is 2.26. The number of H-pyrrole nitrogens is 1. The van der Waals surface area contributed by atoms with E-state index in [1.807, 2.05) is 13.1 Å². The Hall–Kier alpha value is -1.85. The SMILES string of the molecule is CC(=O)N1CCCC(C(=O)NCCCc2cn[nH]c2C)C1. The van der Waals surface area contributed by atoms with Gasteiger partial charge in [-0.05, 0) is 38.2 Å². The Labute approximate surface area is 125 Å². The molecule has 0 aliphatic carbocycles. The van der Waals surface area contributed by atoms with Crippen LogP contribution in [0, 0.1) is 12.8 Å². The highest BCUT2D eigenvalue weighted by Crippen LogP contribution is 2.16. The smallest absolute Gasteiger partial charge is 0.224 e. The van der Waals surface area contributed by atoms with Crippen molar-refractivity contribution in [1.82, 2.24) is 20.4 Å². The van der Waals surface area contributed by atoms with Gasteiger partial charge in [0.2, 0.25) is 11.8 Å². The van der Waals surface area contributed by atoms with E-state index < -0.39 is 0 Å². The largest absolute Gasteiger partial charge is 0.356 e. The van der Waals surface area contributed by atoms with E-state index in [1.54, 1.807) is 11.8 Å². The Morgan fingerprint density at radius 1 is 1.52 bits per heavy atom. The van der Waals surface area contributed by atoms with Crippen LogP contribution < -0.4 is 5.32 Å². The fourth-order valence-corrected chi connectivity index (χ4v) is 2.74. The minimum atomic E-state index is -0.0571. The molecule has 1 saturated heterocycles. The zero-order valence-electron chi connectivity index (χ0n) is 12.8. The van der Waals surface area contributed by atoms with Gasteiger partial charge in [0.15, 0.2) is 0 Å². The lowest BCUT2D eigenvalue weighted by Gasteiger charge is -2.31. The van der Waals surface area contributed by atoms with Crippen LogP contribution in [0.2, 0.25) is 0 Å². The van der Waals surface area contributed by atoms with Crippen LogP contribution >= 0.6 is 0 Å². The maximum atomic E-state index is 12.1. The molecule has 6 heteroatoms. The number of aromatic amines is 1. The van der Waals surface area contributed by atoms with Crippen molar-refractivity contribution >= 4 is 11.8 Å². The summed E-state index contributed by atoms with van der Waals surface area (Å²) in [6.07, 6.45) is 5.42. The number of likely N-dealkylation sites (tertiary alicyclic amines) is 1. The molecule has 0 saturated carbocycles. The summed E-state index contributed by atoms with van der Waals surface area (Å²) in [5, 5.41) is 9.88. The van der Waals surface area contributed by atoms with Crippen LogP contribution in [0.1, 0.15) is 37.4 Å². The van der Waals surface area contributed by atoms with E-state index in [2.05, 4.69) is 15.5 Å². The third-order valence-corrected chi connectivity index (χ3v) is 4.09. The number of nitrogens with one attached hydrogen (secondary N) is 2. The highest BCUT2D eigenvalue weighted by atomic mass is 16.2. The van der Waals surface area contributed by atoms with Gasteiger partial charge in [-0.1, -0.05) is 0 Å². The van der Waals surface area contributed by atoms with Gasteiger partial charge < -0.3 is 10.2 Å². The zero-order chi connectivity index (χ0) is 15.2. The summed E-state index contributed by atoms with van der Waals surface area (Å²) in [7, 11) is 0. The van der Waals surface area contributed by atoms with Crippen LogP contribution in [0.3, 0.4) is 0 Å². The molecule has 0 radical (unpaired) electrons. The van der Waals surface area contributed by atoms with Gasteiger partial charge in [0.25, 0.3) is 0 Å². The molecule has 1 unspecified atom stereocenters. The lowest BCUT2D eigenvalue weighted by atomic mass is 9.97. The van der Waals surface area contributed by atoms with Crippen molar-refractivity contribution in [3.63, 3.8) is 0 Å². The van der Waals surface area contributed by atoms with Crippen LogP contribution in [0.4, 0.5) is 0 Å². The van der Waals surface area contributed by atoms with Gasteiger partial charge in [0, 0.05) is 32.3 Å². The van der Waals surface area contributed by atoms with E-state index in [0.29, 0.717) is 13.1 Å². The average molecular weight is 292 g/mol. The molecule has 1 aliphatic heterocycles. The third-order valence-electron chi connectivity index (χ3n) is 4.09. The quantitative estimate of drug-likeness (QED) is 0.796. The summed E-state index contributed by atoms with van der Waals surface area (Å²) in [6, 6.07) is 0. The maximum absolute atomic E-state index is 12.1. The van der Waals surface area contributed by atoms with Crippen molar-refractivity contribution in [3.8, 4) is 0 Å². The van der Waals surface area contributed by atoms with Crippen LogP contribution in [-0.2, 0) is 16.0 Å². The first-order valence-corrected chi connectivity index (χ1v) is 7.60. The van der Waals surface area contributed by atoms with Crippen molar-refractivity contribution in [2.75, 3.05) is 19.6 Å². The number of aromatic nitrogens is 2. The van der Waals surface area contributed by atoms with Crippen molar-refractivity contribution in [1.29, 1.82) is 0 Å². The molecule has 1 aliphatic rings. The normalized spacial score (nSPS) is 18.6. The first-order chi connectivity index (χ1) is 10.1. The standard InChI is InChI=1S/C15H24N4O2/c1-11-13(9-17-18-11)5-3-7-16-15(21)14-6-4-8-19(10-14)12(2)20/h9,14H,3-8,10H2,1-2H3,(H,16,21)(H,17,18). The molecule has 1 fully saturated rings. The van der Waals surface area contributed by atoms with Crippen LogP contribution in [0.25, 0.3) is 0 Å². The Morgan fingerprint density at radius 2 is 2.33 bits per heavy atom. The van der Waals surface area contributed by atoms with E-state index in [-0.39, 0.29) is 17.7 Å². The van der Waals surface area contributed by atoms with E-state index in [9.17, 15) is 9.59 Å². The van der Waals surface area contributed by atoms with Gasteiger partial charge in [-0.25, -0.2) is 0 Å². The topological polar surface area (TPSA) is 78.1 Å². The van der Waals surface area contributed by atoms with Crippen LogP contribution in [-0.4, -0.2) is 46.5 Å². The molecule has 1 aromatic heterocycles. The number of piperidine rings is 1. The summed E-state index contributed by atoms with van der Waals surface area (Å²) in [5.41, 5.74) is 2.29. The molecule has 21 heavy (non-hydrogen) atoms. The minimum Gasteiger partial charge on any atom is -0.356 e. The molecule has 1 aromatic rings. The summed E-state index contributed by atoms with van der Waals surface area (Å²) >= 11 is 0. The second kappa shape index (κ2) is 7.24. The first kappa shape index (κ1) is 15.5. The molecule has 116 valence electrons. The summed E-state index contributed by atoms with van der Waals surface area (Å²) in [5.74, 6) is 0.0751. The van der Waals surface area contributed by atoms with E-state index in [4.69, 9.17) is 0 Å². The number of nitrogens with zero attached hydrogens (tertiary/aromatic N) is 2. The van der Waals surface area contributed by atoms with E-state index >= 15 is 0 Å². The van der Waals surface area contributed by atoms with Gasteiger partial charge in [-0.2, -0.15) is 5.10 Å². The molecule has 1 atom stereocenters. The summed E-state index contributed by atoms with van der Waals surface area (Å²) < 4.78 is 0. The van der Waals surface area contributed by atoms with Crippen LogP contribution in [0.15, 0.2) is 6.20 Å². The number of amides is 2. The predicted octanol–water partition coefficient (Wildman–Crippen LogP) is 1.03. The minimum absolute atomic E-state index is 0.0571. The number of hydrogen-bond acceptors (Lipinski definition) is 3. The molecule has 2 N–H and O–H groups in total. The first-order valence-electron chi connectivity index (χ1n) is 7.60. The van der Waals surface area contributed by atoms with Crippen molar-refractivity contribution in [2.24, 2.45) is 5.92 Å². The molecule has 0 bridgehead atoms. The number of hydrogen-bond donors (Lipinski definition) is 2. The molecular weight excluding hydrogens is 268 g/mol. The number of aryl methyl sites for hydroxylation is 2. The maximum Gasteiger partial charge on any atom is 0.224 e. The molecule has 2 rings (SSSR count). The Morgan fingerprint density at radius 3 is 3.00 bits per heavy atom. The Kier molecular flexibility index (Phi) is 5.36. The second-order valence-corrected chi connectivity index (χ2v) is 5.72. The fourth-order valence-electron chi connectivity index (χ4n) is 2.74. The lowest BCUT2D eigenvalue weighted by Crippen LogP contribution is -2.44. The van der Waals surface area contributed by atoms with Crippen LogP contribution in [0.5, 0.6) is 0 Å². The summed E-state index contributed by atoms with van der Waals surface area (Å²) in [6.45, 7) is 5.56. The Balaban J connectivity index is 1.69.